The summed E-state index contributed by atoms with van der Waals surface area (Å²) in [6, 6.07) is 4.31. The molecule has 0 spiro atoms. The highest BCUT2D eigenvalue weighted by molar-refractivity contribution is 14.0. The third kappa shape index (κ3) is 7.65. The van der Waals surface area contributed by atoms with Gasteiger partial charge in [0.1, 0.15) is 0 Å². The molecule has 134 valence electrons. The zero-order valence-electron chi connectivity index (χ0n) is 14.7. The molecule has 0 aliphatic carbocycles. The number of hydrogen-bond donors (Lipinski definition) is 2. The fraction of sp³-hybridized carbons (Fsp3) is 0.529. The Morgan fingerprint density at radius 3 is 2.88 bits per heavy atom. The van der Waals surface area contributed by atoms with Gasteiger partial charge in [-0.2, -0.15) is 5.10 Å². The number of hydrogen-bond acceptors (Lipinski definition) is 3. The molecule has 7 heteroatoms. The molecule has 0 fully saturated rings. The van der Waals surface area contributed by atoms with Crippen LogP contribution in [0.1, 0.15) is 24.3 Å². The van der Waals surface area contributed by atoms with E-state index >= 15 is 0 Å². The van der Waals surface area contributed by atoms with Crippen molar-refractivity contribution in [1.29, 1.82) is 0 Å². The molecule has 0 radical (unpaired) electrons. The number of nitrogens with zero attached hydrogens (tertiary/aromatic N) is 3. The molecule has 0 aliphatic heterocycles. The monoisotopic (exact) mass is 461 g/mol. The molecule has 2 aromatic rings. The summed E-state index contributed by atoms with van der Waals surface area (Å²) in [6.45, 7) is 6.91. The van der Waals surface area contributed by atoms with Gasteiger partial charge in [-0.3, -0.25) is 9.67 Å². The molecule has 0 bridgehead atoms. The number of halogens is 1. The van der Waals surface area contributed by atoms with E-state index in [9.17, 15) is 0 Å². The maximum atomic E-state index is 4.71. The zero-order valence-corrected chi connectivity index (χ0v) is 17.8. The first-order valence-electron chi connectivity index (χ1n) is 8.19. The van der Waals surface area contributed by atoms with Crippen molar-refractivity contribution in [3.8, 4) is 0 Å². The summed E-state index contributed by atoms with van der Waals surface area (Å²) in [4.78, 5) is 6.14. The van der Waals surface area contributed by atoms with Crippen molar-refractivity contribution < 1.29 is 0 Å². The van der Waals surface area contributed by atoms with Crippen LogP contribution < -0.4 is 10.6 Å². The highest BCUT2D eigenvalue weighted by atomic mass is 127. The molecule has 0 amide bonds. The van der Waals surface area contributed by atoms with Crippen LogP contribution in [0.25, 0.3) is 0 Å². The van der Waals surface area contributed by atoms with Gasteiger partial charge in [-0.05, 0) is 42.7 Å². The Kier molecular flexibility index (Phi) is 10.0. The van der Waals surface area contributed by atoms with Crippen molar-refractivity contribution >= 4 is 41.3 Å². The second-order valence-electron chi connectivity index (χ2n) is 5.81. The lowest BCUT2D eigenvalue weighted by Gasteiger charge is -2.13. The van der Waals surface area contributed by atoms with Crippen LogP contribution in [-0.2, 0) is 19.9 Å². The van der Waals surface area contributed by atoms with E-state index in [0.717, 1.165) is 38.4 Å². The topological polar surface area (TPSA) is 54.2 Å². The van der Waals surface area contributed by atoms with Crippen LogP contribution in [0.4, 0.5) is 0 Å². The molecule has 0 aromatic carbocycles. The molecule has 2 rings (SSSR count). The highest BCUT2D eigenvalue weighted by Gasteiger charge is 2.05. The van der Waals surface area contributed by atoms with Gasteiger partial charge >= 0.3 is 0 Å². The zero-order chi connectivity index (χ0) is 16.5. The summed E-state index contributed by atoms with van der Waals surface area (Å²) >= 11 is 1.82. The highest BCUT2D eigenvalue weighted by Crippen LogP contribution is 2.14. The standard InChI is InChI=1S/C17H27N5S.HI/c1-4-18-17(19-8-7-15-12-21-22(3)13-15)20-11-14(2)10-16-6-5-9-23-16;/h5-6,9,12-14H,4,7-8,10-11H2,1-3H3,(H2,18,19,20);1H. The Morgan fingerprint density at radius 1 is 1.42 bits per heavy atom. The molecule has 2 aromatic heterocycles. The predicted molar refractivity (Wildman–Crippen MR) is 113 cm³/mol. The van der Waals surface area contributed by atoms with Gasteiger partial charge in [0.15, 0.2) is 5.96 Å². The first kappa shape index (κ1) is 21.0. The summed E-state index contributed by atoms with van der Waals surface area (Å²) in [7, 11) is 1.94. The molecular formula is C17H28IN5S. The molecular weight excluding hydrogens is 433 g/mol. The second-order valence-corrected chi connectivity index (χ2v) is 6.84. The second kappa shape index (κ2) is 11.5. The van der Waals surface area contributed by atoms with E-state index in [1.54, 1.807) is 0 Å². The lowest BCUT2D eigenvalue weighted by molar-refractivity contribution is 0.595. The Balaban J connectivity index is 0.00000288. The summed E-state index contributed by atoms with van der Waals surface area (Å²) in [6.07, 6.45) is 6.00. The van der Waals surface area contributed by atoms with Gasteiger partial charge in [-0.15, -0.1) is 35.3 Å². The molecule has 24 heavy (non-hydrogen) atoms. The molecule has 0 saturated heterocycles. The lowest BCUT2D eigenvalue weighted by Crippen LogP contribution is -2.38. The quantitative estimate of drug-likeness (QED) is 0.361. The Labute approximate surface area is 166 Å². The van der Waals surface area contributed by atoms with E-state index in [0.29, 0.717) is 5.92 Å². The van der Waals surface area contributed by atoms with Crippen LogP contribution in [0.15, 0.2) is 34.9 Å². The van der Waals surface area contributed by atoms with Crippen LogP contribution in [0.3, 0.4) is 0 Å². The van der Waals surface area contributed by atoms with E-state index in [-0.39, 0.29) is 24.0 Å². The third-order valence-corrected chi connectivity index (χ3v) is 4.40. The van der Waals surface area contributed by atoms with Gasteiger partial charge in [0, 0.05) is 37.8 Å². The van der Waals surface area contributed by atoms with Crippen molar-refractivity contribution in [1.82, 2.24) is 20.4 Å². The van der Waals surface area contributed by atoms with Gasteiger partial charge in [-0.1, -0.05) is 13.0 Å². The predicted octanol–water partition coefficient (Wildman–Crippen LogP) is 3.08. The number of aliphatic imine (C=N–C) groups is 1. The first-order chi connectivity index (χ1) is 11.2. The fourth-order valence-electron chi connectivity index (χ4n) is 2.35. The molecule has 2 N–H and O–H groups in total. The SMILES string of the molecule is CCNC(=NCC(C)Cc1cccs1)NCCc1cnn(C)c1.I. The molecule has 1 atom stereocenters. The van der Waals surface area contributed by atoms with Crippen LogP contribution in [0.2, 0.25) is 0 Å². The van der Waals surface area contributed by atoms with Crippen LogP contribution in [-0.4, -0.2) is 35.4 Å². The van der Waals surface area contributed by atoms with Crippen molar-refractivity contribution in [2.45, 2.75) is 26.7 Å². The number of aromatic nitrogens is 2. The van der Waals surface area contributed by atoms with Gasteiger partial charge in [-0.25, -0.2) is 0 Å². The fourth-order valence-corrected chi connectivity index (χ4v) is 3.22. The van der Waals surface area contributed by atoms with Crippen molar-refractivity contribution in [2.75, 3.05) is 19.6 Å². The maximum absolute atomic E-state index is 4.71. The number of aryl methyl sites for hydroxylation is 1. The van der Waals surface area contributed by atoms with Crippen molar-refractivity contribution in [3.05, 3.63) is 40.3 Å². The van der Waals surface area contributed by atoms with Crippen LogP contribution >= 0.6 is 35.3 Å². The van der Waals surface area contributed by atoms with Gasteiger partial charge < -0.3 is 10.6 Å². The minimum absolute atomic E-state index is 0. The minimum Gasteiger partial charge on any atom is -0.357 e. The number of thiophene rings is 1. The van der Waals surface area contributed by atoms with E-state index < -0.39 is 0 Å². The third-order valence-electron chi connectivity index (χ3n) is 3.50. The van der Waals surface area contributed by atoms with E-state index in [4.69, 9.17) is 4.99 Å². The van der Waals surface area contributed by atoms with E-state index in [2.05, 4.69) is 53.3 Å². The maximum Gasteiger partial charge on any atom is 0.191 e. The normalized spacial score (nSPS) is 12.5. The molecule has 0 aliphatic rings. The summed E-state index contributed by atoms with van der Waals surface area (Å²) in [5.74, 6) is 1.44. The minimum atomic E-state index is 0. The number of guanidine groups is 1. The van der Waals surface area contributed by atoms with Gasteiger partial charge in [0.05, 0.1) is 6.20 Å². The molecule has 0 saturated carbocycles. The molecule has 1 unspecified atom stereocenters. The molecule has 2 heterocycles. The summed E-state index contributed by atoms with van der Waals surface area (Å²) in [5, 5.41) is 13.0. The Bertz CT molecular complexity index is 594. The Morgan fingerprint density at radius 2 is 2.25 bits per heavy atom. The largest absolute Gasteiger partial charge is 0.357 e. The summed E-state index contributed by atoms with van der Waals surface area (Å²) in [5.41, 5.74) is 1.24. The smallest absolute Gasteiger partial charge is 0.191 e. The summed E-state index contributed by atoms with van der Waals surface area (Å²) < 4.78 is 1.83. The van der Waals surface area contributed by atoms with E-state index in [1.807, 2.05) is 29.3 Å². The van der Waals surface area contributed by atoms with Gasteiger partial charge in [0.25, 0.3) is 0 Å². The van der Waals surface area contributed by atoms with Crippen LogP contribution in [0.5, 0.6) is 0 Å². The average Bonchev–Trinajstić information content (AvgIpc) is 3.16. The van der Waals surface area contributed by atoms with E-state index in [1.165, 1.54) is 10.4 Å². The lowest BCUT2D eigenvalue weighted by atomic mass is 10.1. The average molecular weight is 461 g/mol. The Hall–Kier alpha value is -1.09. The number of rotatable bonds is 8. The molecule has 5 nitrogen and oxygen atoms in total. The van der Waals surface area contributed by atoms with Crippen molar-refractivity contribution in [3.63, 3.8) is 0 Å². The first-order valence-corrected chi connectivity index (χ1v) is 9.07. The van der Waals surface area contributed by atoms with Crippen molar-refractivity contribution in [2.24, 2.45) is 18.0 Å². The number of nitrogens with one attached hydrogen (secondary N) is 2. The van der Waals surface area contributed by atoms with Crippen LogP contribution in [0, 0.1) is 5.92 Å². The van der Waals surface area contributed by atoms with Gasteiger partial charge in [0.2, 0.25) is 0 Å².